The molecular weight excluding hydrogens is 1460 g/mol. The van der Waals surface area contributed by atoms with Crippen molar-refractivity contribution in [3.05, 3.63) is 144 Å². The van der Waals surface area contributed by atoms with Gasteiger partial charge in [0.1, 0.15) is 40.7 Å². The van der Waals surface area contributed by atoms with Crippen LogP contribution in [0.1, 0.15) is 205 Å². The van der Waals surface area contributed by atoms with Crippen LogP contribution in [0.25, 0.3) is 65.8 Å². The molecule has 610 valence electrons. The molecule has 3 saturated carbocycles. The van der Waals surface area contributed by atoms with E-state index in [4.69, 9.17) is 44.5 Å². The Morgan fingerprint density at radius 1 is 0.487 bits per heavy atom. The first-order valence-corrected chi connectivity index (χ1v) is 44.4. The third kappa shape index (κ3) is 19.2. The van der Waals surface area contributed by atoms with E-state index in [0.29, 0.717) is 49.0 Å². The molecule has 3 fully saturated rings. The summed E-state index contributed by atoms with van der Waals surface area (Å²) in [7, 11) is -1.60. The molecule has 0 amide bonds. The van der Waals surface area contributed by atoms with Gasteiger partial charge in [0, 0.05) is 203 Å². The Bertz CT molecular complexity index is 5060. The number of anilines is 6. The minimum atomic E-state index is -1.60. The molecule has 0 unspecified atom stereocenters. The van der Waals surface area contributed by atoms with Gasteiger partial charge in [-0.2, -0.15) is 15.0 Å². The molecule has 0 radical (unpaired) electrons. The predicted molar refractivity (Wildman–Crippen MR) is 465 cm³/mol. The van der Waals surface area contributed by atoms with E-state index in [9.17, 15) is 4.79 Å². The number of nitrogens with one attached hydrogen (secondary N) is 4. The number of aldehydes is 1. The van der Waals surface area contributed by atoms with Crippen molar-refractivity contribution >= 4 is 116 Å². The fourth-order valence-electron chi connectivity index (χ4n) is 17.2. The third-order valence-electron chi connectivity index (χ3n) is 24.8. The van der Waals surface area contributed by atoms with Crippen molar-refractivity contribution in [2.24, 2.45) is 17.8 Å². The number of hydrogen-bond acceptors (Lipinski definition) is 22. The molecule has 6 aliphatic rings. The van der Waals surface area contributed by atoms with Crippen molar-refractivity contribution in [2.75, 3.05) is 68.5 Å². The molecule has 0 bridgehead atoms. The molecule has 6 N–H and O–H groups in total. The molecule has 12 aromatic rings. The van der Waals surface area contributed by atoms with Crippen LogP contribution in [-0.4, -0.2) is 161 Å². The molecule has 0 atom stereocenters. The van der Waals surface area contributed by atoms with Gasteiger partial charge in [-0.25, -0.2) is 29.9 Å². The van der Waals surface area contributed by atoms with Gasteiger partial charge >= 0.3 is 0 Å². The van der Waals surface area contributed by atoms with Crippen LogP contribution in [0.5, 0.6) is 0 Å². The van der Waals surface area contributed by atoms with Gasteiger partial charge in [0.2, 0.25) is 17.8 Å². The molecule has 0 spiro atoms. The Hall–Kier alpha value is -9.41. The second-order valence-electron chi connectivity index (χ2n) is 33.8. The van der Waals surface area contributed by atoms with Gasteiger partial charge in [0.15, 0.2) is 8.32 Å². The van der Waals surface area contributed by atoms with Crippen LogP contribution in [-0.2, 0) is 48.1 Å². The van der Waals surface area contributed by atoms with Gasteiger partial charge < -0.3 is 54.4 Å². The number of aliphatic hydroxyl groups is 2. The largest absolute Gasteiger partial charge is 0.416 e. The van der Waals surface area contributed by atoms with E-state index in [1.807, 2.05) is 74.0 Å². The summed E-state index contributed by atoms with van der Waals surface area (Å²) < 4.78 is 12.9. The van der Waals surface area contributed by atoms with Crippen LogP contribution in [0.2, 0.25) is 18.1 Å². The van der Waals surface area contributed by atoms with E-state index in [-0.39, 0.29) is 33.1 Å². The lowest BCUT2D eigenvalue weighted by molar-refractivity contribution is -0.108. The summed E-state index contributed by atoms with van der Waals surface area (Å²) in [4.78, 5) is 71.6. The highest BCUT2D eigenvalue weighted by molar-refractivity contribution is 6.74. The summed E-state index contributed by atoms with van der Waals surface area (Å²) in [6.45, 7) is 26.5. The molecule has 3 aliphatic carbocycles. The van der Waals surface area contributed by atoms with Crippen molar-refractivity contribution in [1.29, 1.82) is 0 Å². The quantitative estimate of drug-likeness (QED) is 0.0249. The fourth-order valence-corrected chi connectivity index (χ4v) is 18.2. The first-order valence-electron chi connectivity index (χ1n) is 41.5. The van der Waals surface area contributed by atoms with Crippen LogP contribution in [0.4, 0.5) is 35.3 Å². The Morgan fingerprint density at radius 3 is 1.21 bits per heavy atom. The average molecular weight is 1580 g/mol. The molecular formula is C89H121N21O4Si. The maximum absolute atomic E-state index is 10.1. The van der Waals surface area contributed by atoms with Gasteiger partial charge in [-0.3, -0.25) is 24.8 Å². The van der Waals surface area contributed by atoms with Gasteiger partial charge in [0.05, 0.1) is 35.1 Å². The molecule has 26 heteroatoms. The molecule has 25 nitrogen and oxygen atoms in total. The van der Waals surface area contributed by atoms with Crippen molar-refractivity contribution in [3.8, 4) is 0 Å². The fraction of sp³-hybridized carbons (Fsp3) is 0.517. The van der Waals surface area contributed by atoms with E-state index in [0.717, 1.165) is 203 Å². The van der Waals surface area contributed by atoms with Crippen LogP contribution >= 0.6 is 0 Å². The van der Waals surface area contributed by atoms with E-state index in [1.54, 1.807) is 0 Å². The smallest absolute Gasteiger partial charge is 0.230 e. The number of carbonyl (C=O) groups is 1. The van der Waals surface area contributed by atoms with Crippen molar-refractivity contribution < 1.29 is 19.4 Å². The number of carbonyl (C=O) groups excluding carboxylic acids is 1. The number of nitrogens with zero attached hydrogens (tertiary/aromatic N) is 17. The second kappa shape index (κ2) is 37.7. The molecule has 18 rings (SSSR count). The highest BCUT2D eigenvalue weighted by Crippen LogP contribution is 2.43. The van der Waals surface area contributed by atoms with Gasteiger partial charge in [-0.05, 0) is 179 Å². The normalized spacial score (nSPS) is 19.8. The summed E-state index contributed by atoms with van der Waals surface area (Å²) >= 11 is 0. The zero-order valence-electron chi connectivity index (χ0n) is 67.3. The first-order chi connectivity index (χ1) is 55.0. The average Bonchev–Trinajstić information content (AvgIpc) is 1.60. The standard InChI is InChI=1S/2C27H33N7O.C24H27N7.C9H20O2Si.2CH4/c2*1-18-3-6-20(7-4-18)34-24-16-28-11-9-21(24)22-15-29-27(32-26(22)34)31-25-8-5-19-17-33(12-2-14-35)13-10-23(19)30-25;1-15-2-5-17(6-3-15)31-21-14-26-10-8-18(21)19-13-27-24(30-23(19)31)29-22-7-4-16-12-25-11-9-20(16)28-22;1-9(2,3)12(4,5)11-8-6-7-10;;/h2*5,8-9,11,15-16,18,20,35H,2-4,6-7,10,12-14,17H2,1H3,(H,29,30,31,32);4,7-8,10,13-15,17,25H,2-3,5-6,9,11-12H2,1H3,(H,27,28,29,30);7H,6,8H2,1-5H3;2*1H4. The SMILES string of the molecule is C.C.CC(C)(C)[Si](C)(C)OCCC=O.CC1CCC(n2c3cnccc3c3cnc(Nc4ccc5c(n4)CCN(CCCO)C5)nc32)CC1.CC1CCC(n2c3cnccc3c3cnc(Nc4ccc5c(n4)CCN(CCCO)C5)nc32)CC1.CC1CCC(n2c3cnccc3c3cnc(Nc4ccc5c(n4)CCNC5)nc32)CC1. The number of fused-ring (bicyclic) bond motifs is 12. The van der Waals surface area contributed by atoms with Crippen LogP contribution in [0.3, 0.4) is 0 Å². The number of aliphatic hydroxyl groups excluding tert-OH is 2. The van der Waals surface area contributed by atoms with E-state index < -0.39 is 8.32 Å². The minimum Gasteiger partial charge on any atom is -0.416 e. The van der Waals surface area contributed by atoms with Crippen molar-refractivity contribution in [1.82, 2.24) is 88.6 Å². The van der Waals surface area contributed by atoms with E-state index in [2.05, 4.69) is 166 Å². The number of hydrogen-bond donors (Lipinski definition) is 6. The minimum absolute atomic E-state index is 0. The first kappa shape index (κ1) is 83.5. The lowest BCUT2D eigenvalue weighted by Gasteiger charge is -2.35. The van der Waals surface area contributed by atoms with Crippen LogP contribution in [0, 0.1) is 17.8 Å². The van der Waals surface area contributed by atoms with Gasteiger partial charge in [-0.15, -0.1) is 0 Å². The van der Waals surface area contributed by atoms with Crippen LogP contribution in [0.15, 0.2) is 110 Å². The maximum atomic E-state index is 10.1. The van der Waals surface area contributed by atoms with E-state index >= 15 is 0 Å². The number of rotatable bonds is 19. The zero-order valence-corrected chi connectivity index (χ0v) is 68.3. The molecule has 15 heterocycles. The van der Waals surface area contributed by atoms with Gasteiger partial charge in [-0.1, -0.05) is 74.6 Å². The topological polar surface area (TPSA) is 291 Å². The lowest BCUT2D eigenvalue weighted by atomic mass is 9.87. The molecule has 3 aliphatic heterocycles. The summed E-state index contributed by atoms with van der Waals surface area (Å²) in [6.07, 6.45) is 37.7. The molecule has 0 saturated heterocycles. The second-order valence-corrected chi connectivity index (χ2v) is 38.6. The summed E-state index contributed by atoms with van der Waals surface area (Å²) in [5.41, 5.74) is 13.6. The lowest BCUT2D eigenvalue weighted by Crippen LogP contribution is -2.41. The number of aromatic nitrogens is 15. The van der Waals surface area contributed by atoms with Crippen molar-refractivity contribution in [2.45, 2.75) is 228 Å². The molecule has 0 aromatic carbocycles. The Balaban J connectivity index is 0.000000139. The van der Waals surface area contributed by atoms with Gasteiger partial charge in [0.25, 0.3) is 0 Å². The number of pyridine rings is 6. The molecule has 12 aromatic heterocycles. The van der Waals surface area contributed by atoms with Crippen molar-refractivity contribution in [3.63, 3.8) is 0 Å². The Kier molecular flexibility index (Phi) is 27.4. The summed E-state index contributed by atoms with van der Waals surface area (Å²) in [5.74, 6) is 6.50. The zero-order chi connectivity index (χ0) is 78.2. The molecule has 115 heavy (non-hydrogen) atoms. The highest BCUT2D eigenvalue weighted by Gasteiger charge is 2.37. The van der Waals surface area contributed by atoms with E-state index in [1.165, 1.54) is 99.1 Å². The Labute approximate surface area is 678 Å². The maximum Gasteiger partial charge on any atom is 0.230 e. The predicted octanol–water partition coefficient (Wildman–Crippen LogP) is 17.6. The highest BCUT2D eigenvalue weighted by atomic mass is 28.4. The monoisotopic (exact) mass is 1580 g/mol. The van der Waals surface area contributed by atoms with Crippen LogP contribution < -0.4 is 21.3 Å². The third-order valence-corrected chi connectivity index (χ3v) is 29.3. The summed E-state index contributed by atoms with van der Waals surface area (Å²) in [5, 5.41) is 38.7. The summed E-state index contributed by atoms with van der Waals surface area (Å²) in [6, 6.07) is 20.1. The Morgan fingerprint density at radius 2 is 0.852 bits per heavy atom.